The van der Waals surface area contributed by atoms with E-state index in [0.29, 0.717) is 17.4 Å². The molecule has 0 atom stereocenters. The van der Waals surface area contributed by atoms with Gasteiger partial charge in [0.1, 0.15) is 0 Å². The predicted molar refractivity (Wildman–Crippen MR) is 114 cm³/mol. The molecule has 1 spiro atoms. The first-order valence-electron chi connectivity index (χ1n) is 11.7. The Morgan fingerprint density at radius 1 is 0.967 bits per heavy atom. The summed E-state index contributed by atoms with van der Waals surface area (Å²) in [6.07, 6.45) is 7.86. The number of hydrogen-bond acceptors (Lipinski definition) is 3. The molecule has 5 heteroatoms. The van der Waals surface area contributed by atoms with E-state index in [1.165, 1.54) is 32.1 Å². The Kier molecular flexibility index (Phi) is 4.14. The van der Waals surface area contributed by atoms with Crippen LogP contribution in [0.4, 0.5) is 0 Å². The van der Waals surface area contributed by atoms with Crippen molar-refractivity contribution in [3.63, 3.8) is 0 Å². The van der Waals surface area contributed by atoms with E-state index in [4.69, 9.17) is 0 Å². The minimum atomic E-state index is -0.979. The van der Waals surface area contributed by atoms with Gasteiger partial charge in [-0.25, -0.2) is 4.79 Å². The Hall–Kier alpha value is -2.14. The number of carbonyl (C=O) groups excluding carboxylic acids is 1. The van der Waals surface area contributed by atoms with E-state index < -0.39 is 11.4 Å². The SMILES string of the molecule is O=C(O)C1=C(C(=O)NC2C3CC4CC(C3)CC2C4)C2(CCNCC2)c2ccccc21. The number of piperidine rings is 1. The molecule has 30 heavy (non-hydrogen) atoms. The van der Waals surface area contributed by atoms with Crippen LogP contribution in [-0.2, 0) is 15.0 Å². The van der Waals surface area contributed by atoms with Crippen LogP contribution in [0, 0.1) is 23.7 Å². The predicted octanol–water partition coefficient (Wildman–Crippen LogP) is 3.10. The van der Waals surface area contributed by atoms with E-state index in [9.17, 15) is 14.7 Å². The van der Waals surface area contributed by atoms with E-state index in [2.05, 4.69) is 10.6 Å². The van der Waals surface area contributed by atoms with Crippen molar-refractivity contribution < 1.29 is 14.7 Å². The fourth-order valence-corrected chi connectivity index (χ4v) is 7.94. The van der Waals surface area contributed by atoms with Gasteiger partial charge in [-0.1, -0.05) is 24.3 Å². The molecule has 4 bridgehead atoms. The zero-order chi connectivity index (χ0) is 20.5. The number of carboxylic acid groups (broad SMARTS) is 1. The third-order valence-corrected chi connectivity index (χ3v) is 8.86. The highest BCUT2D eigenvalue weighted by molar-refractivity contribution is 6.26. The Bertz CT molecular complexity index is 915. The summed E-state index contributed by atoms with van der Waals surface area (Å²) < 4.78 is 0. The number of rotatable bonds is 3. The summed E-state index contributed by atoms with van der Waals surface area (Å²) in [5.74, 6) is 1.75. The minimum Gasteiger partial charge on any atom is -0.478 e. The molecule has 6 aliphatic rings. The molecule has 7 rings (SSSR count). The Morgan fingerprint density at radius 2 is 1.60 bits per heavy atom. The van der Waals surface area contributed by atoms with Gasteiger partial charge in [0.05, 0.1) is 5.57 Å². The largest absolute Gasteiger partial charge is 0.478 e. The number of carbonyl (C=O) groups is 2. The van der Waals surface area contributed by atoms with Gasteiger partial charge < -0.3 is 15.7 Å². The molecule has 4 saturated carbocycles. The molecule has 1 amide bonds. The van der Waals surface area contributed by atoms with Crippen LogP contribution < -0.4 is 10.6 Å². The lowest BCUT2D eigenvalue weighted by molar-refractivity contribution is -0.131. The highest BCUT2D eigenvalue weighted by Gasteiger charge is 2.53. The molecule has 5 fully saturated rings. The van der Waals surface area contributed by atoms with E-state index >= 15 is 0 Å². The summed E-state index contributed by atoms with van der Waals surface area (Å²) in [6.45, 7) is 1.60. The first-order chi connectivity index (χ1) is 14.6. The Morgan fingerprint density at radius 3 is 2.23 bits per heavy atom. The smallest absolute Gasteiger partial charge is 0.336 e. The number of fused-ring (bicyclic) bond motifs is 2. The van der Waals surface area contributed by atoms with Crippen molar-refractivity contribution in [2.45, 2.75) is 56.4 Å². The van der Waals surface area contributed by atoms with Gasteiger partial charge in [-0.2, -0.15) is 0 Å². The molecule has 1 aromatic carbocycles. The minimum absolute atomic E-state index is 0.122. The van der Waals surface area contributed by atoms with Crippen molar-refractivity contribution in [3.8, 4) is 0 Å². The van der Waals surface area contributed by atoms with E-state index in [1.807, 2.05) is 24.3 Å². The molecule has 5 aliphatic carbocycles. The van der Waals surface area contributed by atoms with Crippen LogP contribution in [0.1, 0.15) is 56.1 Å². The second-order valence-electron chi connectivity index (χ2n) is 10.4. The number of aliphatic carboxylic acids is 1. The lowest BCUT2D eigenvalue weighted by Crippen LogP contribution is -2.57. The number of hydrogen-bond donors (Lipinski definition) is 3. The van der Waals surface area contributed by atoms with Crippen LogP contribution in [0.5, 0.6) is 0 Å². The van der Waals surface area contributed by atoms with Gasteiger partial charge in [0.15, 0.2) is 0 Å². The monoisotopic (exact) mass is 406 g/mol. The normalized spacial score (nSPS) is 35.5. The molecule has 0 aromatic heterocycles. The van der Waals surface area contributed by atoms with Crippen LogP contribution in [0.2, 0.25) is 0 Å². The van der Waals surface area contributed by atoms with Gasteiger partial charge >= 0.3 is 5.97 Å². The molecule has 0 unspecified atom stereocenters. The van der Waals surface area contributed by atoms with Crippen LogP contribution >= 0.6 is 0 Å². The maximum Gasteiger partial charge on any atom is 0.336 e. The summed E-state index contributed by atoms with van der Waals surface area (Å²) in [5.41, 5.74) is 2.03. The molecule has 1 heterocycles. The van der Waals surface area contributed by atoms with E-state index in [1.54, 1.807) is 0 Å². The number of benzene rings is 1. The molecule has 1 aromatic rings. The number of amides is 1. The second-order valence-corrected chi connectivity index (χ2v) is 10.4. The van der Waals surface area contributed by atoms with Gasteiger partial charge in [0.25, 0.3) is 0 Å². The van der Waals surface area contributed by atoms with Gasteiger partial charge in [-0.05, 0) is 92.8 Å². The molecule has 1 saturated heterocycles. The van der Waals surface area contributed by atoms with Gasteiger partial charge in [-0.3, -0.25) is 4.79 Å². The maximum absolute atomic E-state index is 13.8. The fourth-order valence-electron chi connectivity index (χ4n) is 7.94. The summed E-state index contributed by atoms with van der Waals surface area (Å²) in [5, 5.41) is 17.0. The standard InChI is InChI=1S/C25H30N2O3/c28-23(27-22-16-10-14-9-15(12-16)13-17(22)11-14)21-20(24(29)30)18-3-1-2-4-19(18)25(21)5-7-26-8-6-25/h1-4,14-17,22,26H,5-13H2,(H,27,28)(H,29,30). The third-order valence-electron chi connectivity index (χ3n) is 8.86. The molecule has 0 radical (unpaired) electrons. The number of nitrogens with one attached hydrogen (secondary N) is 2. The van der Waals surface area contributed by atoms with Crippen molar-refractivity contribution >= 4 is 17.4 Å². The van der Waals surface area contributed by atoms with Crippen molar-refractivity contribution in [2.24, 2.45) is 23.7 Å². The summed E-state index contributed by atoms with van der Waals surface area (Å²) in [6, 6.07) is 7.99. The lowest BCUT2D eigenvalue weighted by Gasteiger charge is -2.54. The maximum atomic E-state index is 13.8. The molecule has 5 nitrogen and oxygen atoms in total. The van der Waals surface area contributed by atoms with Crippen LogP contribution in [0.25, 0.3) is 5.57 Å². The first-order valence-corrected chi connectivity index (χ1v) is 11.7. The molecular weight excluding hydrogens is 376 g/mol. The van der Waals surface area contributed by atoms with Crippen LogP contribution in [0.15, 0.2) is 29.8 Å². The quantitative estimate of drug-likeness (QED) is 0.721. The molecular formula is C25H30N2O3. The first kappa shape index (κ1) is 18.6. The Balaban J connectivity index is 1.39. The lowest BCUT2D eigenvalue weighted by atomic mass is 9.54. The zero-order valence-corrected chi connectivity index (χ0v) is 17.3. The third kappa shape index (κ3) is 2.57. The van der Waals surface area contributed by atoms with E-state index in [0.717, 1.165) is 48.9 Å². The molecule has 158 valence electrons. The van der Waals surface area contributed by atoms with Gasteiger partial charge in [0, 0.05) is 17.0 Å². The summed E-state index contributed by atoms with van der Waals surface area (Å²) in [4.78, 5) is 26.2. The van der Waals surface area contributed by atoms with Gasteiger partial charge in [-0.15, -0.1) is 0 Å². The molecule has 1 aliphatic heterocycles. The van der Waals surface area contributed by atoms with Crippen LogP contribution in [0.3, 0.4) is 0 Å². The highest BCUT2D eigenvalue weighted by atomic mass is 16.4. The van der Waals surface area contributed by atoms with Crippen LogP contribution in [-0.4, -0.2) is 36.1 Å². The highest BCUT2D eigenvalue weighted by Crippen LogP contribution is 2.55. The number of carboxylic acids is 1. The second kappa shape index (κ2) is 6.68. The van der Waals surface area contributed by atoms with Crippen molar-refractivity contribution in [2.75, 3.05) is 13.1 Å². The summed E-state index contributed by atoms with van der Waals surface area (Å²) >= 11 is 0. The van der Waals surface area contributed by atoms with E-state index in [-0.39, 0.29) is 17.5 Å². The average Bonchev–Trinajstić information content (AvgIpc) is 3.01. The van der Waals surface area contributed by atoms with Gasteiger partial charge in [0.2, 0.25) is 5.91 Å². The molecule has 3 N–H and O–H groups in total. The average molecular weight is 407 g/mol. The Labute approximate surface area is 177 Å². The zero-order valence-electron chi connectivity index (χ0n) is 17.3. The van der Waals surface area contributed by atoms with Crippen molar-refractivity contribution in [1.29, 1.82) is 0 Å². The fraction of sp³-hybridized carbons (Fsp3) is 0.600. The van der Waals surface area contributed by atoms with Crippen molar-refractivity contribution in [3.05, 3.63) is 41.0 Å². The topological polar surface area (TPSA) is 78.4 Å². The summed E-state index contributed by atoms with van der Waals surface area (Å²) in [7, 11) is 0. The van der Waals surface area contributed by atoms with Crippen molar-refractivity contribution in [1.82, 2.24) is 10.6 Å².